The summed E-state index contributed by atoms with van der Waals surface area (Å²) >= 11 is 12.3. The highest BCUT2D eigenvalue weighted by Gasteiger charge is 2.48. The molecule has 0 unspecified atom stereocenters. The third-order valence-corrected chi connectivity index (χ3v) is 4.81. The minimum Gasteiger partial charge on any atom is -0.282 e. The zero-order chi connectivity index (χ0) is 13.0. The van der Waals surface area contributed by atoms with Crippen LogP contribution in [0.25, 0.3) is 0 Å². The quantitative estimate of drug-likeness (QED) is 0.774. The molecule has 6 heteroatoms. The Morgan fingerprint density at radius 1 is 0.947 bits per heavy atom. The second kappa shape index (κ2) is 4.32. The molecule has 0 radical (unpaired) electrons. The van der Waals surface area contributed by atoms with Crippen LogP contribution in [0.3, 0.4) is 0 Å². The molecule has 0 aliphatic carbocycles. The van der Waals surface area contributed by atoms with Crippen molar-refractivity contribution < 1.29 is 4.48 Å². The number of benzene rings is 1. The Bertz CT molecular complexity index is 484. The molecule has 1 aromatic carbocycles. The number of hydrogen-bond donors (Lipinski definition) is 0. The van der Waals surface area contributed by atoms with Gasteiger partial charge in [0.15, 0.2) is 0 Å². The average Bonchev–Trinajstić information content (AvgIpc) is 2.31. The van der Waals surface area contributed by atoms with Gasteiger partial charge in [-0.15, -0.1) is 0 Å². The predicted molar refractivity (Wildman–Crippen MR) is 75.1 cm³/mol. The summed E-state index contributed by atoms with van der Waals surface area (Å²) in [6, 6.07) is 5.86. The van der Waals surface area contributed by atoms with Crippen LogP contribution in [0.2, 0.25) is 10.0 Å². The molecular formula is C13H17Cl2N4+. The summed E-state index contributed by atoms with van der Waals surface area (Å²) in [7, 11) is 0. The lowest BCUT2D eigenvalue weighted by atomic mass is 10.1. The van der Waals surface area contributed by atoms with Crippen LogP contribution in [0.15, 0.2) is 18.2 Å². The minimum atomic E-state index is 0.711. The van der Waals surface area contributed by atoms with Crippen LogP contribution in [0, 0.1) is 0 Å². The second-order valence-corrected chi connectivity index (χ2v) is 6.94. The molecule has 4 heterocycles. The van der Waals surface area contributed by atoms with E-state index >= 15 is 0 Å². The summed E-state index contributed by atoms with van der Waals surface area (Å²) in [5.74, 6) is 0. The van der Waals surface area contributed by atoms with Crippen LogP contribution in [0.4, 0.5) is 0 Å². The van der Waals surface area contributed by atoms with Crippen LogP contribution < -0.4 is 0 Å². The van der Waals surface area contributed by atoms with Crippen LogP contribution in [0.5, 0.6) is 0 Å². The van der Waals surface area contributed by atoms with E-state index < -0.39 is 0 Å². The Labute approximate surface area is 123 Å². The van der Waals surface area contributed by atoms with E-state index in [0.717, 1.165) is 56.1 Å². The van der Waals surface area contributed by atoms with Gasteiger partial charge in [-0.3, -0.25) is 4.48 Å². The first-order valence-corrected chi connectivity index (χ1v) is 7.34. The van der Waals surface area contributed by atoms with Crippen molar-refractivity contribution in [1.82, 2.24) is 14.7 Å². The van der Waals surface area contributed by atoms with Crippen LogP contribution in [-0.4, -0.2) is 59.2 Å². The van der Waals surface area contributed by atoms with Gasteiger partial charge < -0.3 is 0 Å². The van der Waals surface area contributed by atoms with Crippen molar-refractivity contribution in [2.24, 2.45) is 0 Å². The Morgan fingerprint density at radius 2 is 1.53 bits per heavy atom. The van der Waals surface area contributed by atoms with Gasteiger partial charge in [-0.05, 0) is 12.1 Å². The Hall–Kier alpha value is -0.360. The number of halogens is 2. The van der Waals surface area contributed by atoms with Gasteiger partial charge in [0.05, 0.1) is 25.0 Å². The molecule has 4 fully saturated rings. The van der Waals surface area contributed by atoms with Crippen molar-refractivity contribution in [1.29, 1.82) is 0 Å². The molecule has 0 atom stereocenters. The first kappa shape index (κ1) is 12.4. The SMILES string of the molecule is Clc1ccc(C[N+]23CN4CN(CN(C4)C2)C3)c(Cl)c1. The zero-order valence-corrected chi connectivity index (χ0v) is 12.2. The first-order chi connectivity index (χ1) is 9.12. The summed E-state index contributed by atoms with van der Waals surface area (Å²) in [4.78, 5) is 7.54. The molecule has 102 valence electrons. The van der Waals surface area contributed by atoms with E-state index in [2.05, 4.69) is 20.8 Å². The van der Waals surface area contributed by atoms with Crippen molar-refractivity contribution >= 4 is 23.2 Å². The Kier molecular flexibility index (Phi) is 2.81. The molecule has 4 nitrogen and oxygen atoms in total. The number of rotatable bonds is 2. The van der Waals surface area contributed by atoms with E-state index in [1.807, 2.05) is 12.1 Å². The number of hydrogen-bond acceptors (Lipinski definition) is 3. The van der Waals surface area contributed by atoms with Crippen LogP contribution in [-0.2, 0) is 6.54 Å². The van der Waals surface area contributed by atoms with Gasteiger partial charge in [-0.2, -0.15) is 0 Å². The van der Waals surface area contributed by atoms with Crippen molar-refractivity contribution in [3.63, 3.8) is 0 Å². The van der Waals surface area contributed by atoms with E-state index in [1.165, 1.54) is 5.56 Å². The number of quaternary nitrogens is 1. The van der Waals surface area contributed by atoms with Gasteiger partial charge in [0.2, 0.25) is 0 Å². The molecule has 1 aromatic rings. The van der Waals surface area contributed by atoms with Gasteiger partial charge >= 0.3 is 0 Å². The second-order valence-electron chi connectivity index (χ2n) is 6.10. The lowest BCUT2D eigenvalue weighted by molar-refractivity contribution is -0.991. The van der Waals surface area contributed by atoms with E-state index in [1.54, 1.807) is 0 Å². The fourth-order valence-electron chi connectivity index (χ4n) is 3.82. The lowest BCUT2D eigenvalue weighted by Crippen LogP contribution is -2.78. The molecule has 0 saturated carbocycles. The summed E-state index contributed by atoms with van der Waals surface area (Å²) in [6.07, 6.45) is 0. The zero-order valence-electron chi connectivity index (χ0n) is 10.7. The molecule has 0 N–H and O–H groups in total. The highest BCUT2D eigenvalue weighted by molar-refractivity contribution is 6.35. The van der Waals surface area contributed by atoms with Crippen LogP contribution >= 0.6 is 23.2 Å². The molecule has 5 rings (SSSR count). The monoisotopic (exact) mass is 299 g/mol. The van der Waals surface area contributed by atoms with Crippen molar-refractivity contribution in [2.75, 3.05) is 40.0 Å². The van der Waals surface area contributed by atoms with Crippen LogP contribution in [0.1, 0.15) is 5.56 Å². The fourth-order valence-corrected chi connectivity index (χ4v) is 4.29. The van der Waals surface area contributed by atoms with E-state index in [4.69, 9.17) is 23.2 Å². The molecule has 4 saturated heterocycles. The molecule has 19 heavy (non-hydrogen) atoms. The largest absolute Gasteiger partial charge is 0.282 e. The maximum atomic E-state index is 6.33. The van der Waals surface area contributed by atoms with Gasteiger partial charge in [-0.25, -0.2) is 14.7 Å². The Balaban J connectivity index is 1.62. The standard InChI is InChI=1S/C13H17Cl2N4/c14-12-2-1-11(13(15)3-12)4-19-8-16-5-17(9-19)7-18(6-16)10-19/h1-3H,4-10H2/q+1. The van der Waals surface area contributed by atoms with Gasteiger partial charge in [0.1, 0.15) is 26.6 Å². The molecule has 0 spiro atoms. The van der Waals surface area contributed by atoms with Gasteiger partial charge in [0, 0.05) is 10.6 Å². The summed E-state index contributed by atoms with van der Waals surface area (Å²) in [5.41, 5.74) is 1.21. The van der Waals surface area contributed by atoms with Gasteiger partial charge in [-0.1, -0.05) is 29.3 Å². The normalized spacial score (nSPS) is 39.8. The molecule has 4 bridgehead atoms. The highest BCUT2D eigenvalue weighted by atomic mass is 35.5. The summed E-state index contributed by atoms with van der Waals surface area (Å²) < 4.78 is 1.07. The maximum Gasteiger partial charge on any atom is 0.139 e. The van der Waals surface area contributed by atoms with E-state index in [9.17, 15) is 0 Å². The fraction of sp³-hybridized carbons (Fsp3) is 0.538. The first-order valence-electron chi connectivity index (χ1n) is 6.58. The number of nitrogens with zero attached hydrogens (tertiary/aromatic N) is 4. The topological polar surface area (TPSA) is 9.72 Å². The maximum absolute atomic E-state index is 6.33. The molecule has 4 aliphatic heterocycles. The highest BCUT2D eigenvalue weighted by Crippen LogP contribution is 2.32. The lowest BCUT2D eigenvalue weighted by Gasteiger charge is -2.60. The summed E-state index contributed by atoms with van der Waals surface area (Å²) in [6.45, 7) is 7.73. The van der Waals surface area contributed by atoms with Crippen molar-refractivity contribution in [2.45, 2.75) is 6.54 Å². The molecule has 0 aromatic heterocycles. The predicted octanol–water partition coefficient (Wildman–Crippen LogP) is 2.00. The molecule has 0 amide bonds. The van der Waals surface area contributed by atoms with Crippen molar-refractivity contribution in [3.8, 4) is 0 Å². The average molecular weight is 300 g/mol. The molecule has 4 aliphatic rings. The van der Waals surface area contributed by atoms with E-state index in [-0.39, 0.29) is 0 Å². The van der Waals surface area contributed by atoms with Gasteiger partial charge in [0.25, 0.3) is 0 Å². The smallest absolute Gasteiger partial charge is 0.139 e. The summed E-state index contributed by atoms with van der Waals surface area (Å²) in [5, 5.41) is 1.50. The third-order valence-electron chi connectivity index (χ3n) is 4.22. The minimum absolute atomic E-state index is 0.711. The molecular weight excluding hydrogens is 283 g/mol. The Morgan fingerprint density at radius 3 is 2.05 bits per heavy atom. The van der Waals surface area contributed by atoms with Crippen molar-refractivity contribution in [3.05, 3.63) is 33.8 Å². The third kappa shape index (κ3) is 2.17. The van der Waals surface area contributed by atoms with E-state index in [0.29, 0.717) is 5.02 Å².